The summed E-state index contributed by atoms with van der Waals surface area (Å²) in [5.41, 5.74) is 0.668. The molecule has 0 unspecified atom stereocenters. The molecule has 0 aliphatic carbocycles. The number of allylic oxidation sites excluding steroid dienone is 1. The molecule has 1 aliphatic heterocycles. The molecule has 15 heavy (non-hydrogen) atoms. The summed E-state index contributed by atoms with van der Waals surface area (Å²) in [6.07, 6.45) is 1.64. The number of thioether (sulfide) groups is 1. The second kappa shape index (κ2) is 4.73. The summed E-state index contributed by atoms with van der Waals surface area (Å²) in [7, 11) is 0. The molecular weight excluding hydrogens is 230 g/mol. The smallest absolute Gasteiger partial charge is 0.188 e. The van der Waals surface area contributed by atoms with Crippen molar-refractivity contribution in [1.82, 2.24) is 5.32 Å². The summed E-state index contributed by atoms with van der Waals surface area (Å²) in [4.78, 5) is 11.7. The van der Waals surface area contributed by atoms with Gasteiger partial charge in [-0.2, -0.15) is 0 Å². The Hall–Kier alpha value is -0.930. The van der Waals surface area contributed by atoms with E-state index in [1.165, 1.54) is 0 Å². The lowest BCUT2D eigenvalue weighted by molar-refractivity contribution is 0.104. The van der Waals surface area contributed by atoms with Gasteiger partial charge < -0.3 is 5.32 Å². The second-order valence-corrected chi connectivity index (χ2v) is 4.73. The van der Waals surface area contributed by atoms with Crippen LogP contribution in [0.15, 0.2) is 35.4 Å². The van der Waals surface area contributed by atoms with Crippen LogP contribution in [0.2, 0.25) is 5.02 Å². The Balaban J connectivity index is 2.14. The Morgan fingerprint density at radius 2 is 2.13 bits per heavy atom. The Morgan fingerprint density at radius 3 is 2.73 bits per heavy atom. The van der Waals surface area contributed by atoms with Crippen molar-refractivity contribution in [1.29, 1.82) is 0 Å². The monoisotopic (exact) mass is 239 g/mol. The summed E-state index contributed by atoms with van der Waals surface area (Å²) in [6.45, 7) is 0.935. The summed E-state index contributed by atoms with van der Waals surface area (Å²) >= 11 is 7.42. The third-order valence-electron chi connectivity index (χ3n) is 2.05. The van der Waals surface area contributed by atoms with E-state index in [2.05, 4.69) is 5.32 Å². The van der Waals surface area contributed by atoms with Crippen molar-refractivity contribution in [2.45, 2.75) is 0 Å². The summed E-state index contributed by atoms with van der Waals surface area (Å²) in [6, 6.07) is 6.92. The quantitative estimate of drug-likeness (QED) is 0.636. The van der Waals surface area contributed by atoms with Gasteiger partial charge in [0.1, 0.15) is 0 Å². The number of ketones is 1. The molecule has 0 amide bonds. The number of hydrogen-bond donors (Lipinski definition) is 1. The molecule has 0 spiro atoms. The maximum atomic E-state index is 11.7. The number of carbonyl (C=O) groups excluding carboxylic acids is 1. The van der Waals surface area contributed by atoms with Gasteiger partial charge in [-0.3, -0.25) is 4.79 Å². The minimum Gasteiger partial charge on any atom is -0.379 e. The molecule has 1 heterocycles. The zero-order valence-corrected chi connectivity index (χ0v) is 9.57. The van der Waals surface area contributed by atoms with Gasteiger partial charge in [-0.15, -0.1) is 11.8 Å². The van der Waals surface area contributed by atoms with Crippen LogP contribution in [0, 0.1) is 0 Å². The predicted octanol–water partition coefficient (Wildman–Crippen LogP) is 2.70. The topological polar surface area (TPSA) is 29.1 Å². The first-order valence-corrected chi connectivity index (χ1v) is 6.00. The highest BCUT2D eigenvalue weighted by molar-refractivity contribution is 8.03. The third-order valence-corrected chi connectivity index (χ3v) is 3.28. The van der Waals surface area contributed by atoms with Crippen LogP contribution in [0.1, 0.15) is 10.4 Å². The SMILES string of the molecule is O=C(/C=C1/NCCS1)c1ccc(Cl)cc1. The van der Waals surface area contributed by atoms with E-state index in [4.69, 9.17) is 11.6 Å². The van der Waals surface area contributed by atoms with Gasteiger partial charge in [0, 0.05) is 29.0 Å². The average molecular weight is 240 g/mol. The molecule has 1 aromatic rings. The van der Waals surface area contributed by atoms with Crippen molar-refractivity contribution in [2.24, 2.45) is 0 Å². The lowest BCUT2D eigenvalue weighted by Crippen LogP contribution is -2.06. The van der Waals surface area contributed by atoms with Crippen molar-refractivity contribution in [3.8, 4) is 0 Å². The van der Waals surface area contributed by atoms with E-state index in [1.807, 2.05) is 0 Å². The van der Waals surface area contributed by atoms with E-state index in [9.17, 15) is 4.79 Å². The summed E-state index contributed by atoms with van der Waals surface area (Å²) < 4.78 is 0. The molecule has 0 aromatic heterocycles. The van der Waals surface area contributed by atoms with E-state index in [0.717, 1.165) is 17.3 Å². The van der Waals surface area contributed by atoms with Gasteiger partial charge in [-0.1, -0.05) is 11.6 Å². The van der Waals surface area contributed by atoms with Crippen molar-refractivity contribution < 1.29 is 4.79 Å². The molecule has 0 saturated carbocycles. The van der Waals surface area contributed by atoms with Crippen molar-refractivity contribution in [3.63, 3.8) is 0 Å². The van der Waals surface area contributed by atoms with E-state index >= 15 is 0 Å². The molecular formula is C11H10ClNOS. The molecule has 0 atom stereocenters. The third kappa shape index (κ3) is 2.76. The largest absolute Gasteiger partial charge is 0.379 e. The second-order valence-electron chi connectivity index (χ2n) is 3.15. The fourth-order valence-corrected chi connectivity index (χ4v) is 2.24. The molecule has 1 fully saturated rings. The number of benzene rings is 1. The molecule has 1 aliphatic rings. The average Bonchev–Trinajstić information content (AvgIpc) is 2.71. The van der Waals surface area contributed by atoms with Gasteiger partial charge in [-0.25, -0.2) is 0 Å². The first kappa shape index (κ1) is 10.6. The van der Waals surface area contributed by atoms with Crippen LogP contribution >= 0.6 is 23.4 Å². The lowest BCUT2D eigenvalue weighted by atomic mass is 10.1. The molecule has 1 aromatic carbocycles. The number of hydrogen-bond acceptors (Lipinski definition) is 3. The van der Waals surface area contributed by atoms with Crippen molar-refractivity contribution in [3.05, 3.63) is 46.0 Å². The zero-order chi connectivity index (χ0) is 10.7. The van der Waals surface area contributed by atoms with Crippen molar-refractivity contribution >= 4 is 29.1 Å². The van der Waals surface area contributed by atoms with Gasteiger partial charge in [0.25, 0.3) is 0 Å². The first-order valence-electron chi connectivity index (χ1n) is 4.64. The van der Waals surface area contributed by atoms with E-state index in [1.54, 1.807) is 42.1 Å². The van der Waals surface area contributed by atoms with Crippen molar-refractivity contribution in [2.75, 3.05) is 12.3 Å². The number of nitrogens with one attached hydrogen (secondary N) is 1. The molecule has 1 saturated heterocycles. The van der Waals surface area contributed by atoms with Crippen LogP contribution in [0.3, 0.4) is 0 Å². The van der Waals surface area contributed by atoms with E-state index in [0.29, 0.717) is 10.6 Å². The summed E-state index contributed by atoms with van der Waals surface area (Å²) in [5.74, 6) is 1.04. The van der Waals surface area contributed by atoms with Crippen LogP contribution < -0.4 is 5.32 Å². The number of rotatable bonds is 2. The molecule has 78 valence electrons. The fourth-order valence-electron chi connectivity index (χ4n) is 1.30. The van der Waals surface area contributed by atoms with Crippen LogP contribution in [-0.2, 0) is 0 Å². The van der Waals surface area contributed by atoms with Crippen LogP contribution in [-0.4, -0.2) is 18.1 Å². The van der Waals surface area contributed by atoms with Gasteiger partial charge in [-0.05, 0) is 24.3 Å². The number of carbonyl (C=O) groups is 1. The minimum atomic E-state index is 0.0172. The lowest BCUT2D eigenvalue weighted by Gasteiger charge is -1.98. The standard InChI is InChI=1S/C11H10ClNOS/c12-9-3-1-8(2-4-9)10(14)7-11-13-5-6-15-11/h1-4,7,13H,5-6H2/b11-7-. The molecule has 0 bridgehead atoms. The normalized spacial score (nSPS) is 17.8. The van der Waals surface area contributed by atoms with Gasteiger partial charge in [0.2, 0.25) is 0 Å². The summed E-state index contributed by atoms with van der Waals surface area (Å²) in [5, 5.41) is 4.75. The highest BCUT2D eigenvalue weighted by Gasteiger charge is 2.09. The molecule has 4 heteroatoms. The Bertz CT molecular complexity index is 392. The van der Waals surface area contributed by atoms with Gasteiger partial charge in [0.15, 0.2) is 5.78 Å². The number of halogens is 1. The Morgan fingerprint density at radius 1 is 1.40 bits per heavy atom. The highest BCUT2D eigenvalue weighted by atomic mass is 35.5. The maximum absolute atomic E-state index is 11.7. The molecule has 0 radical (unpaired) electrons. The van der Waals surface area contributed by atoms with E-state index < -0.39 is 0 Å². The Kier molecular flexibility index (Phi) is 3.34. The fraction of sp³-hybridized carbons (Fsp3) is 0.182. The highest BCUT2D eigenvalue weighted by Crippen LogP contribution is 2.18. The first-order chi connectivity index (χ1) is 7.25. The van der Waals surface area contributed by atoms with Gasteiger partial charge >= 0.3 is 0 Å². The van der Waals surface area contributed by atoms with Gasteiger partial charge in [0.05, 0.1) is 5.03 Å². The molecule has 2 rings (SSSR count). The molecule has 2 nitrogen and oxygen atoms in total. The minimum absolute atomic E-state index is 0.0172. The van der Waals surface area contributed by atoms with Crippen LogP contribution in [0.25, 0.3) is 0 Å². The maximum Gasteiger partial charge on any atom is 0.188 e. The Labute approximate surface area is 97.7 Å². The predicted molar refractivity (Wildman–Crippen MR) is 64.3 cm³/mol. The van der Waals surface area contributed by atoms with E-state index in [-0.39, 0.29) is 5.78 Å². The van der Waals surface area contributed by atoms with Crippen LogP contribution in [0.5, 0.6) is 0 Å². The molecule has 1 N–H and O–H groups in total. The van der Waals surface area contributed by atoms with Crippen LogP contribution in [0.4, 0.5) is 0 Å². The zero-order valence-electron chi connectivity index (χ0n) is 8.00.